The summed E-state index contributed by atoms with van der Waals surface area (Å²) in [6.07, 6.45) is 0. The summed E-state index contributed by atoms with van der Waals surface area (Å²) in [6.45, 7) is 3.80. The number of H-pyrrole nitrogens is 1. The Hall–Kier alpha value is -2.88. The molecule has 0 radical (unpaired) electrons. The molecule has 0 aliphatic heterocycles. The van der Waals surface area contributed by atoms with Gasteiger partial charge in [-0.25, -0.2) is 0 Å². The zero-order chi connectivity index (χ0) is 15.7. The summed E-state index contributed by atoms with van der Waals surface area (Å²) in [5.41, 5.74) is 3.72. The Morgan fingerprint density at radius 3 is 2.64 bits per heavy atom. The molecule has 0 spiro atoms. The lowest BCUT2D eigenvalue weighted by Gasteiger charge is -2.07. The van der Waals surface area contributed by atoms with Gasteiger partial charge in [0, 0.05) is 33.9 Å². The third kappa shape index (κ3) is 2.76. The van der Waals surface area contributed by atoms with Crippen LogP contribution in [0.2, 0.25) is 0 Å². The van der Waals surface area contributed by atoms with E-state index in [-0.39, 0.29) is 11.3 Å². The Balaban J connectivity index is 1.96. The maximum absolute atomic E-state index is 12.3. The molecule has 4 heteroatoms. The quantitative estimate of drug-likeness (QED) is 0.760. The van der Waals surface area contributed by atoms with Gasteiger partial charge in [-0.1, -0.05) is 12.1 Å². The standard InChI is InChI=1S/C18H16N2O2/c1-11-4-3-5-14(8-11)20-18(22)13-6-7-16-15(10-13)17(21)9-12(2)19-16/h3-10H,1-2H3,(H,19,21)(H,20,22). The van der Waals surface area contributed by atoms with Crippen LogP contribution < -0.4 is 10.7 Å². The minimum absolute atomic E-state index is 0.0866. The second-order valence-corrected chi connectivity index (χ2v) is 5.40. The van der Waals surface area contributed by atoms with E-state index >= 15 is 0 Å². The van der Waals surface area contributed by atoms with Crippen LogP contribution in [0.15, 0.2) is 53.3 Å². The molecule has 0 fully saturated rings. The second-order valence-electron chi connectivity index (χ2n) is 5.40. The molecular formula is C18H16N2O2. The molecule has 0 bridgehead atoms. The SMILES string of the molecule is Cc1cccc(NC(=O)c2ccc3[nH]c(C)cc(=O)c3c2)c1. The van der Waals surface area contributed by atoms with E-state index in [0.717, 1.165) is 22.5 Å². The summed E-state index contributed by atoms with van der Waals surface area (Å²) in [5, 5.41) is 3.36. The fourth-order valence-electron chi connectivity index (χ4n) is 2.45. The number of anilines is 1. The van der Waals surface area contributed by atoms with Crippen LogP contribution in [-0.4, -0.2) is 10.9 Å². The first kappa shape index (κ1) is 14.1. The first-order valence-electron chi connectivity index (χ1n) is 7.04. The normalized spacial score (nSPS) is 10.6. The predicted octanol–water partition coefficient (Wildman–Crippen LogP) is 3.40. The first-order valence-corrected chi connectivity index (χ1v) is 7.04. The number of pyridine rings is 1. The highest BCUT2D eigenvalue weighted by Gasteiger charge is 2.09. The minimum atomic E-state index is -0.229. The van der Waals surface area contributed by atoms with Gasteiger partial charge in [0.05, 0.1) is 0 Å². The van der Waals surface area contributed by atoms with E-state index in [1.54, 1.807) is 18.2 Å². The van der Waals surface area contributed by atoms with Crippen molar-refractivity contribution in [3.8, 4) is 0 Å². The lowest BCUT2D eigenvalue weighted by atomic mass is 10.1. The summed E-state index contributed by atoms with van der Waals surface area (Å²) >= 11 is 0. The molecule has 1 aromatic heterocycles. The highest BCUT2D eigenvalue weighted by atomic mass is 16.1. The number of aromatic nitrogens is 1. The van der Waals surface area contributed by atoms with Crippen molar-refractivity contribution in [1.29, 1.82) is 0 Å². The number of hydrogen-bond acceptors (Lipinski definition) is 2. The highest BCUT2D eigenvalue weighted by molar-refractivity contribution is 6.06. The molecule has 1 heterocycles. The molecule has 0 aliphatic carbocycles. The monoisotopic (exact) mass is 292 g/mol. The number of aryl methyl sites for hydroxylation is 2. The third-order valence-electron chi connectivity index (χ3n) is 3.50. The van der Waals surface area contributed by atoms with Gasteiger partial charge < -0.3 is 10.3 Å². The molecule has 2 N–H and O–H groups in total. The van der Waals surface area contributed by atoms with Crippen molar-refractivity contribution in [3.05, 3.63) is 75.6 Å². The van der Waals surface area contributed by atoms with E-state index in [4.69, 9.17) is 0 Å². The van der Waals surface area contributed by atoms with Crippen LogP contribution >= 0.6 is 0 Å². The van der Waals surface area contributed by atoms with Gasteiger partial charge in [0.25, 0.3) is 5.91 Å². The van der Waals surface area contributed by atoms with E-state index in [1.165, 1.54) is 6.07 Å². The molecule has 2 aromatic carbocycles. The third-order valence-corrected chi connectivity index (χ3v) is 3.50. The lowest BCUT2D eigenvalue weighted by Crippen LogP contribution is -2.13. The number of aromatic amines is 1. The van der Waals surface area contributed by atoms with E-state index < -0.39 is 0 Å². The van der Waals surface area contributed by atoms with Gasteiger partial charge in [-0.05, 0) is 49.7 Å². The summed E-state index contributed by atoms with van der Waals surface area (Å²) < 4.78 is 0. The van der Waals surface area contributed by atoms with Crippen molar-refractivity contribution in [2.24, 2.45) is 0 Å². The van der Waals surface area contributed by atoms with Crippen LogP contribution in [0.1, 0.15) is 21.6 Å². The average molecular weight is 292 g/mol. The molecule has 22 heavy (non-hydrogen) atoms. The van der Waals surface area contributed by atoms with Crippen LogP contribution in [0.3, 0.4) is 0 Å². The van der Waals surface area contributed by atoms with Crippen molar-refractivity contribution in [2.45, 2.75) is 13.8 Å². The number of hydrogen-bond donors (Lipinski definition) is 2. The van der Waals surface area contributed by atoms with Crippen molar-refractivity contribution in [2.75, 3.05) is 5.32 Å². The molecule has 0 saturated heterocycles. The molecule has 3 aromatic rings. The Labute approximate surface area is 127 Å². The maximum atomic E-state index is 12.3. The zero-order valence-electron chi connectivity index (χ0n) is 12.4. The van der Waals surface area contributed by atoms with Crippen LogP contribution in [-0.2, 0) is 0 Å². The zero-order valence-corrected chi connectivity index (χ0v) is 12.4. The summed E-state index contributed by atoms with van der Waals surface area (Å²) in [4.78, 5) is 27.5. The van der Waals surface area contributed by atoms with E-state index in [9.17, 15) is 9.59 Å². The van der Waals surface area contributed by atoms with Crippen LogP contribution in [0.5, 0.6) is 0 Å². The van der Waals surface area contributed by atoms with Gasteiger partial charge in [-0.2, -0.15) is 0 Å². The molecule has 4 nitrogen and oxygen atoms in total. The van der Waals surface area contributed by atoms with Crippen LogP contribution in [0.25, 0.3) is 10.9 Å². The Bertz CT molecular complexity index is 926. The van der Waals surface area contributed by atoms with E-state index in [1.807, 2.05) is 38.1 Å². The molecule has 0 aliphatic rings. The predicted molar refractivity (Wildman–Crippen MR) is 88.4 cm³/mol. The highest BCUT2D eigenvalue weighted by Crippen LogP contribution is 2.14. The Morgan fingerprint density at radius 1 is 1.05 bits per heavy atom. The van der Waals surface area contributed by atoms with Gasteiger partial charge in [0.15, 0.2) is 5.43 Å². The molecule has 1 amide bonds. The lowest BCUT2D eigenvalue weighted by molar-refractivity contribution is 0.102. The number of amides is 1. The maximum Gasteiger partial charge on any atom is 0.255 e. The van der Waals surface area contributed by atoms with Crippen molar-refractivity contribution in [3.63, 3.8) is 0 Å². The summed E-state index contributed by atoms with van der Waals surface area (Å²) in [7, 11) is 0. The molecule has 110 valence electrons. The number of carbonyl (C=O) groups excluding carboxylic acids is 1. The van der Waals surface area contributed by atoms with E-state index in [0.29, 0.717) is 10.9 Å². The van der Waals surface area contributed by atoms with E-state index in [2.05, 4.69) is 10.3 Å². The second kappa shape index (κ2) is 5.48. The molecule has 0 unspecified atom stereocenters. The van der Waals surface area contributed by atoms with Gasteiger partial charge in [-0.15, -0.1) is 0 Å². The number of nitrogens with one attached hydrogen (secondary N) is 2. The van der Waals surface area contributed by atoms with Gasteiger partial charge in [-0.3, -0.25) is 9.59 Å². The molecule has 3 rings (SSSR count). The molecular weight excluding hydrogens is 276 g/mol. The van der Waals surface area contributed by atoms with Crippen LogP contribution in [0, 0.1) is 13.8 Å². The summed E-state index contributed by atoms with van der Waals surface area (Å²) in [5.74, 6) is -0.229. The van der Waals surface area contributed by atoms with Crippen LogP contribution in [0.4, 0.5) is 5.69 Å². The minimum Gasteiger partial charge on any atom is -0.358 e. The molecule has 0 atom stereocenters. The number of benzene rings is 2. The largest absolute Gasteiger partial charge is 0.358 e. The topological polar surface area (TPSA) is 62.0 Å². The van der Waals surface area contributed by atoms with Gasteiger partial charge in [0.2, 0.25) is 0 Å². The average Bonchev–Trinajstić information content (AvgIpc) is 2.46. The fraction of sp³-hybridized carbons (Fsp3) is 0.111. The summed E-state index contributed by atoms with van der Waals surface area (Å²) in [6, 6.07) is 14.2. The smallest absolute Gasteiger partial charge is 0.255 e. The Morgan fingerprint density at radius 2 is 1.86 bits per heavy atom. The van der Waals surface area contributed by atoms with Gasteiger partial charge in [0.1, 0.15) is 0 Å². The number of fused-ring (bicyclic) bond motifs is 1. The first-order chi connectivity index (χ1) is 10.5. The number of rotatable bonds is 2. The van der Waals surface area contributed by atoms with Crippen molar-refractivity contribution >= 4 is 22.5 Å². The Kier molecular flexibility index (Phi) is 3.51. The van der Waals surface area contributed by atoms with Crippen molar-refractivity contribution < 1.29 is 4.79 Å². The van der Waals surface area contributed by atoms with Crippen molar-refractivity contribution in [1.82, 2.24) is 4.98 Å². The fourth-order valence-corrected chi connectivity index (χ4v) is 2.45. The molecule has 0 saturated carbocycles. The van der Waals surface area contributed by atoms with Gasteiger partial charge >= 0.3 is 0 Å². The number of carbonyl (C=O) groups is 1.